The molecule has 2 N–H and O–H groups in total. The van der Waals surface area contributed by atoms with Gasteiger partial charge in [-0.05, 0) is 30.2 Å². The first-order chi connectivity index (χ1) is 12.7. The van der Waals surface area contributed by atoms with Crippen LogP contribution in [-0.4, -0.2) is 44.1 Å². The lowest BCUT2D eigenvalue weighted by molar-refractivity contribution is -0.118. The summed E-state index contributed by atoms with van der Waals surface area (Å²) in [5.74, 6) is 0.877. The Morgan fingerprint density at radius 3 is 2.85 bits per heavy atom. The van der Waals surface area contributed by atoms with Crippen molar-refractivity contribution in [2.24, 2.45) is 0 Å². The summed E-state index contributed by atoms with van der Waals surface area (Å²) in [6, 6.07) is 16.2. The van der Waals surface area contributed by atoms with Crippen LogP contribution in [0.2, 0.25) is 0 Å². The van der Waals surface area contributed by atoms with Gasteiger partial charge in [-0.25, -0.2) is 0 Å². The number of anilines is 1. The molecule has 3 rings (SSSR count). The van der Waals surface area contributed by atoms with Gasteiger partial charge in [0, 0.05) is 30.9 Å². The minimum Gasteiger partial charge on any atom is -0.496 e. The van der Waals surface area contributed by atoms with Crippen molar-refractivity contribution in [3.63, 3.8) is 0 Å². The number of halogens is 1. The molecule has 1 fully saturated rings. The van der Waals surface area contributed by atoms with Gasteiger partial charge < -0.3 is 15.4 Å². The Morgan fingerprint density at radius 2 is 2.07 bits per heavy atom. The van der Waals surface area contributed by atoms with Gasteiger partial charge in [-0.3, -0.25) is 9.69 Å². The molecular weight excluding hydrogens is 362 g/mol. The molecule has 6 heteroatoms. The molecule has 1 amide bonds. The molecule has 1 heterocycles. The minimum atomic E-state index is 0. The van der Waals surface area contributed by atoms with Crippen molar-refractivity contribution < 1.29 is 9.53 Å². The number of rotatable bonds is 6. The predicted octanol–water partition coefficient (Wildman–Crippen LogP) is 3.26. The van der Waals surface area contributed by atoms with E-state index in [1.807, 2.05) is 36.4 Å². The van der Waals surface area contributed by atoms with E-state index in [0.717, 1.165) is 43.1 Å². The van der Waals surface area contributed by atoms with Crippen LogP contribution < -0.4 is 15.4 Å². The molecule has 0 aliphatic carbocycles. The van der Waals surface area contributed by atoms with E-state index < -0.39 is 0 Å². The second-order valence-electron chi connectivity index (χ2n) is 6.53. The number of amides is 1. The zero-order valence-corrected chi connectivity index (χ0v) is 16.7. The molecule has 1 aliphatic heterocycles. The first kappa shape index (κ1) is 21.2. The van der Waals surface area contributed by atoms with Crippen molar-refractivity contribution in [2.45, 2.75) is 19.4 Å². The van der Waals surface area contributed by atoms with Crippen LogP contribution in [0.25, 0.3) is 0 Å². The first-order valence-electron chi connectivity index (χ1n) is 9.17. The van der Waals surface area contributed by atoms with E-state index in [2.05, 4.69) is 34.6 Å². The summed E-state index contributed by atoms with van der Waals surface area (Å²) in [5.41, 5.74) is 3.19. The number of piperazine rings is 1. The summed E-state index contributed by atoms with van der Waals surface area (Å²) in [6.07, 6.45) is 0.956. The van der Waals surface area contributed by atoms with Crippen molar-refractivity contribution in [3.05, 3.63) is 59.7 Å². The van der Waals surface area contributed by atoms with Crippen molar-refractivity contribution in [1.82, 2.24) is 10.2 Å². The van der Waals surface area contributed by atoms with Crippen LogP contribution in [0.5, 0.6) is 5.75 Å². The zero-order valence-electron chi connectivity index (χ0n) is 15.9. The molecule has 1 saturated heterocycles. The maximum Gasteiger partial charge on any atom is 0.238 e. The molecule has 0 radical (unpaired) electrons. The van der Waals surface area contributed by atoms with Gasteiger partial charge in [0.05, 0.1) is 19.7 Å². The highest BCUT2D eigenvalue weighted by molar-refractivity contribution is 5.92. The van der Waals surface area contributed by atoms with Crippen molar-refractivity contribution in [2.75, 3.05) is 38.6 Å². The lowest BCUT2D eigenvalue weighted by Gasteiger charge is -2.36. The van der Waals surface area contributed by atoms with E-state index in [0.29, 0.717) is 6.54 Å². The van der Waals surface area contributed by atoms with Crippen LogP contribution in [0, 0.1) is 0 Å². The Labute approximate surface area is 167 Å². The van der Waals surface area contributed by atoms with E-state index in [1.165, 1.54) is 5.56 Å². The van der Waals surface area contributed by atoms with Crippen LogP contribution in [0.4, 0.5) is 5.69 Å². The smallest absolute Gasteiger partial charge is 0.238 e. The van der Waals surface area contributed by atoms with E-state index in [4.69, 9.17) is 4.74 Å². The van der Waals surface area contributed by atoms with Crippen LogP contribution >= 0.6 is 12.4 Å². The summed E-state index contributed by atoms with van der Waals surface area (Å²) in [7, 11) is 1.69. The molecule has 0 saturated carbocycles. The number of methoxy groups -OCH3 is 1. The Morgan fingerprint density at radius 1 is 1.26 bits per heavy atom. The number of carbonyl (C=O) groups is 1. The van der Waals surface area contributed by atoms with Gasteiger partial charge in [-0.2, -0.15) is 0 Å². The van der Waals surface area contributed by atoms with Gasteiger partial charge in [0.1, 0.15) is 5.75 Å². The van der Waals surface area contributed by atoms with E-state index in [9.17, 15) is 4.79 Å². The van der Waals surface area contributed by atoms with Gasteiger partial charge in [-0.15, -0.1) is 12.4 Å². The Hall–Kier alpha value is -2.08. The summed E-state index contributed by atoms with van der Waals surface area (Å²) >= 11 is 0. The second-order valence-corrected chi connectivity index (χ2v) is 6.53. The summed E-state index contributed by atoms with van der Waals surface area (Å²) in [5, 5.41) is 6.46. The highest BCUT2D eigenvalue weighted by Crippen LogP contribution is 2.30. The number of nitrogens with zero attached hydrogens (tertiary/aromatic N) is 1. The lowest BCUT2D eigenvalue weighted by Crippen LogP contribution is -2.48. The third-order valence-corrected chi connectivity index (χ3v) is 4.82. The molecule has 1 unspecified atom stereocenters. The maximum absolute atomic E-state index is 12.6. The van der Waals surface area contributed by atoms with Crippen molar-refractivity contribution in [1.29, 1.82) is 0 Å². The zero-order chi connectivity index (χ0) is 18.4. The number of para-hydroxylation sites is 1. The van der Waals surface area contributed by atoms with Crippen molar-refractivity contribution in [3.8, 4) is 5.75 Å². The normalized spacial score (nSPS) is 17.0. The highest BCUT2D eigenvalue weighted by Gasteiger charge is 2.27. The molecule has 0 bridgehead atoms. The lowest BCUT2D eigenvalue weighted by atomic mass is 10.0. The molecule has 0 aromatic heterocycles. The summed E-state index contributed by atoms with van der Waals surface area (Å²) in [6.45, 7) is 4.98. The highest BCUT2D eigenvalue weighted by atomic mass is 35.5. The summed E-state index contributed by atoms with van der Waals surface area (Å²) in [4.78, 5) is 14.8. The third kappa shape index (κ3) is 5.45. The monoisotopic (exact) mass is 389 g/mol. The SMILES string of the molecule is CCc1cccc(NC(=O)CN2CCNCC2c2ccccc2OC)c1.Cl. The van der Waals surface area contributed by atoms with Gasteiger partial charge in [0.25, 0.3) is 0 Å². The number of hydrogen-bond acceptors (Lipinski definition) is 4. The van der Waals surface area contributed by atoms with Gasteiger partial charge in [0.2, 0.25) is 5.91 Å². The van der Waals surface area contributed by atoms with Crippen LogP contribution in [0.3, 0.4) is 0 Å². The first-order valence-corrected chi connectivity index (χ1v) is 9.17. The van der Waals surface area contributed by atoms with Crippen LogP contribution in [0.1, 0.15) is 24.1 Å². The maximum atomic E-state index is 12.6. The largest absolute Gasteiger partial charge is 0.496 e. The molecule has 1 aliphatic rings. The molecule has 5 nitrogen and oxygen atoms in total. The molecule has 2 aromatic carbocycles. The number of carbonyl (C=O) groups excluding carboxylic acids is 1. The number of ether oxygens (including phenoxy) is 1. The summed E-state index contributed by atoms with van der Waals surface area (Å²) < 4.78 is 5.52. The van der Waals surface area contributed by atoms with Crippen LogP contribution in [-0.2, 0) is 11.2 Å². The Balaban J connectivity index is 0.00000261. The van der Waals surface area contributed by atoms with E-state index in [1.54, 1.807) is 7.11 Å². The molecule has 0 spiro atoms. The van der Waals surface area contributed by atoms with E-state index >= 15 is 0 Å². The van der Waals surface area contributed by atoms with Crippen molar-refractivity contribution >= 4 is 24.0 Å². The molecule has 27 heavy (non-hydrogen) atoms. The van der Waals surface area contributed by atoms with Gasteiger partial charge in [0.15, 0.2) is 0 Å². The molecular formula is C21H28ClN3O2. The number of benzene rings is 2. The number of aryl methyl sites for hydroxylation is 1. The molecule has 2 aromatic rings. The minimum absolute atomic E-state index is 0. The van der Waals surface area contributed by atoms with Gasteiger partial charge in [-0.1, -0.05) is 37.3 Å². The third-order valence-electron chi connectivity index (χ3n) is 4.82. The Kier molecular flexibility index (Phi) is 8.10. The molecule has 146 valence electrons. The van der Waals surface area contributed by atoms with E-state index in [-0.39, 0.29) is 24.4 Å². The fraction of sp³-hybridized carbons (Fsp3) is 0.381. The Bertz CT molecular complexity index is 754. The van der Waals surface area contributed by atoms with Gasteiger partial charge >= 0.3 is 0 Å². The predicted molar refractivity (Wildman–Crippen MR) is 112 cm³/mol. The number of nitrogens with one attached hydrogen (secondary N) is 2. The fourth-order valence-corrected chi connectivity index (χ4v) is 3.44. The fourth-order valence-electron chi connectivity index (χ4n) is 3.44. The second kappa shape index (κ2) is 10.3. The standard InChI is InChI=1S/C21H27N3O2.ClH/c1-3-16-7-6-8-17(13-16)23-21(25)15-24-12-11-22-14-19(24)18-9-4-5-10-20(18)26-2;/h4-10,13,19,22H,3,11-12,14-15H2,1-2H3,(H,23,25);1H. The quantitative estimate of drug-likeness (QED) is 0.796. The van der Waals surface area contributed by atoms with Crippen LogP contribution in [0.15, 0.2) is 48.5 Å². The average Bonchev–Trinajstić information content (AvgIpc) is 2.68. The topological polar surface area (TPSA) is 53.6 Å². The number of hydrogen-bond donors (Lipinski definition) is 2. The average molecular weight is 390 g/mol. The molecule has 1 atom stereocenters.